The molecule has 1 atom stereocenters. The minimum absolute atomic E-state index is 0.189. The average molecular weight is 218 g/mol. The summed E-state index contributed by atoms with van der Waals surface area (Å²) >= 11 is 0. The van der Waals surface area contributed by atoms with Crippen LogP contribution in [0.25, 0.3) is 0 Å². The molecule has 1 saturated heterocycles. The van der Waals surface area contributed by atoms with Crippen LogP contribution >= 0.6 is 0 Å². The van der Waals surface area contributed by atoms with Crippen LogP contribution in [0.5, 0.6) is 0 Å². The van der Waals surface area contributed by atoms with Crippen LogP contribution in [0.15, 0.2) is 6.07 Å². The summed E-state index contributed by atoms with van der Waals surface area (Å²) in [6.45, 7) is 0.575. The van der Waals surface area contributed by atoms with E-state index in [0.29, 0.717) is 19.0 Å². The van der Waals surface area contributed by atoms with Gasteiger partial charge in [-0.2, -0.15) is 9.37 Å². The van der Waals surface area contributed by atoms with E-state index in [9.17, 15) is 18.3 Å². The van der Waals surface area contributed by atoms with E-state index in [1.165, 1.54) is 4.90 Å². The van der Waals surface area contributed by atoms with Crippen LogP contribution in [-0.4, -0.2) is 29.3 Å². The Kier molecular flexibility index (Phi) is 2.52. The summed E-state index contributed by atoms with van der Waals surface area (Å²) in [5, 5.41) is 9.22. The summed E-state index contributed by atoms with van der Waals surface area (Å²) in [7, 11) is 0. The molecule has 0 spiro atoms. The number of hydrogen-bond acceptors (Lipinski definition) is 3. The Labute approximate surface area is 84.2 Å². The van der Waals surface area contributed by atoms with Gasteiger partial charge in [-0.1, -0.05) is 0 Å². The Bertz CT molecular complexity index is 386. The molecule has 1 unspecified atom stereocenters. The molecule has 2 heterocycles. The van der Waals surface area contributed by atoms with Crippen LogP contribution < -0.4 is 4.90 Å². The van der Waals surface area contributed by atoms with Crippen molar-refractivity contribution < 1.29 is 18.3 Å². The highest BCUT2D eigenvalue weighted by Crippen LogP contribution is 2.22. The van der Waals surface area contributed by atoms with Crippen LogP contribution in [0, 0.1) is 17.6 Å². The second-order valence-corrected chi connectivity index (χ2v) is 3.45. The maximum atomic E-state index is 13.2. The lowest BCUT2D eigenvalue weighted by Gasteiger charge is -2.16. The summed E-state index contributed by atoms with van der Waals surface area (Å²) in [4.78, 5) is 4.58. The third-order valence-electron chi connectivity index (χ3n) is 2.33. The van der Waals surface area contributed by atoms with Crippen LogP contribution in [0.3, 0.4) is 0 Å². The third-order valence-corrected chi connectivity index (χ3v) is 2.33. The maximum Gasteiger partial charge on any atom is 0.251 e. The van der Waals surface area contributed by atoms with E-state index in [1.54, 1.807) is 0 Å². The zero-order chi connectivity index (χ0) is 11.0. The van der Waals surface area contributed by atoms with Crippen molar-refractivity contribution in [1.82, 2.24) is 4.98 Å². The van der Waals surface area contributed by atoms with Gasteiger partial charge < -0.3 is 10.0 Å². The number of hydrogen-bond donors (Lipinski definition) is 1. The fraction of sp³-hybridized carbons (Fsp3) is 0.444. The first-order valence-electron chi connectivity index (χ1n) is 4.52. The van der Waals surface area contributed by atoms with Gasteiger partial charge in [-0.15, -0.1) is 0 Å². The van der Waals surface area contributed by atoms with Gasteiger partial charge in [0.2, 0.25) is 0 Å². The van der Waals surface area contributed by atoms with Crippen molar-refractivity contribution in [1.29, 1.82) is 0 Å². The fourth-order valence-electron chi connectivity index (χ4n) is 1.59. The molecule has 2 rings (SSSR count). The van der Waals surface area contributed by atoms with Gasteiger partial charge in [0, 0.05) is 19.2 Å². The summed E-state index contributed by atoms with van der Waals surface area (Å²) < 4.78 is 38.6. The van der Waals surface area contributed by atoms with Crippen LogP contribution in [0.4, 0.5) is 19.0 Å². The number of halogens is 3. The number of pyridine rings is 1. The summed E-state index contributed by atoms with van der Waals surface area (Å²) in [6.07, 6.45) is -0.0977. The number of rotatable bonds is 1. The van der Waals surface area contributed by atoms with Crippen molar-refractivity contribution >= 4 is 5.82 Å². The van der Waals surface area contributed by atoms with Gasteiger partial charge in [-0.05, 0) is 6.42 Å². The van der Waals surface area contributed by atoms with E-state index >= 15 is 0 Å². The highest BCUT2D eigenvalue weighted by Gasteiger charge is 2.25. The zero-order valence-corrected chi connectivity index (χ0v) is 7.75. The Balaban J connectivity index is 2.32. The van der Waals surface area contributed by atoms with Gasteiger partial charge in [-0.25, -0.2) is 8.78 Å². The molecule has 15 heavy (non-hydrogen) atoms. The molecule has 0 radical (unpaired) electrons. The van der Waals surface area contributed by atoms with Gasteiger partial charge in [-0.3, -0.25) is 0 Å². The van der Waals surface area contributed by atoms with Crippen molar-refractivity contribution in [3.8, 4) is 0 Å². The molecule has 0 bridgehead atoms. The molecule has 1 aromatic heterocycles. The van der Waals surface area contributed by atoms with Gasteiger partial charge in [0.15, 0.2) is 17.5 Å². The van der Waals surface area contributed by atoms with Crippen molar-refractivity contribution in [2.24, 2.45) is 0 Å². The highest BCUT2D eigenvalue weighted by atomic mass is 19.2. The predicted molar refractivity (Wildman–Crippen MR) is 46.9 cm³/mol. The van der Waals surface area contributed by atoms with E-state index in [0.717, 1.165) is 0 Å². The first-order valence-corrected chi connectivity index (χ1v) is 4.52. The number of anilines is 1. The Morgan fingerprint density at radius 1 is 1.33 bits per heavy atom. The lowest BCUT2D eigenvalue weighted by atomic mass is 10.3. The van der Waals surface area contributed by atoms with Crippen molar-refractivity contribution in [2.45, 2.75) is 12.5 Å². The summed E-state index contributed by atoms with van der Waals surface area (Å²) in [6, 6.07) is 0.461. The second kappa shape index (κ2) is 3.69. The molecule has 0 amide bonds. The molecular weight excluding hydrogens is 209 g/mol. The minimum atomic E-state index is -1.33. The number of nitrogens with zero attached hydrogens (tertiary/aromatic N) is 2. The van der Waals surface area contributed by atoms with Gasteiger partial charge in [0.05, 0.1) is 6.10 Å². The third kappa shape index (κ3) is 1.90. The van der Waals surface area contributed by atoms with Crippen molar-refractivity contribution in [3.05, 3.63) is 23.6 Å². The van der Waals surface area contributed by atoms with Gasteiger partial charge in [0.1, 0.15) is 0 Å². The largest absolute Gasteiger partial charge is 0.391 e. The molecule has 0 saturated carbocycles. The van der Waals surface area contributed by atoms with Crippen molar-refractivity contribution in [2.75, 3.05) is 18.0 Å². The van der Waals surface area contributed by atoms with E-state index in [2.05, 4.69) is 4.98 Å². The first kappa shape index (κ1) is 10.2. The number of β-amino-alcohol motifs (C(OH)–C–C–N with tert-alkyl or cyclic N) is 1. The molecule has 6 heteroatoms. The zero-order valence-electron chi connectivity index (χ0n) is 7.75. The molecule has 0 aliphatic carbocycles. The predicted octanol–water partition coefficient (Wildman–Crippen LogP) is 1.07. The molecule has 3 nitrogen and oxygen atoms in total. The lowest BCUT2D eigenvalue weighted by Crippen LogP contribution is -2.24. The average Bonchev–Trinajstić information content (AvgIpc) is 2.58. The number of aliphatic hydroxyl groups is 1. The van der Waals surface area contributed by atoms with Crippen LogP contribution in [0.1, 0.15) is 6.42 Å². The molecular formula is C9H9F3N2O. The highest BCUT2D eigenvalue weighted by molar-refractivity contribution is 5.41. The second-order valence-electron chi connectivity index (χ2n) is 3.45. The summed E-state index contributed by atoms with van der Waals surface area (Å²) in [5.41, 5.74) is 0. The van der Waals surface area contributed by atoms with Gasteiger partial charge in [0.25, 0.3) is 5.95 Å². The summed E-state index contributed by atoms with van der Waals surface area (Å²) in [5.74, 6) is -3.79. The van der Waals surface area contributed by atoms with E-state index < -0.39 is 23.7 Å². The quantitative estimate of drug-likeness (QED) is 0.716. The smallest absolute Gasteiger partial charge is 0.251 e. The lowest BCUT2D eigenvalue weighted by molar-refractivity contribution is 0.198. The SMILES string of the molecule is OC1CCN(c2nc(F)c(F)cc2F)C1. The molecule has 0 aromatic carbocycles. The van der Waals surface area contributed by atoms with Crippen LogP contribution in [-0.2, 0) is 0 Å². The molecule has 1 aliphatic rings. The molecule has 1 N–H and O–H groups in total. The molecule has 1 aromatic rings. The Morgan fingerprint density at radius 3 is 2.67 bits per heavy atom. The molecule has 1 aliphatic heterocycles. The van der Waals surface area contributed by atoms with E-state index in [-0.39, 0.29) is 12.4 Å². The molecule has 82 valence electrons. The fourth-order valence-corrected chi connectivity index (χ4v) is 1.59. The Morgan fingerprint density at radius 2 is 2.07 bits per heavy atom. The van der Waals surface area contributed by atoms with E-state index in [4.69, 9.17) is 0 Å². The molecule has 1 fully saturated rings. The number of aliphatic hydroxyl groups excluding tert-OH is 1. The first-order chi connectivity index (χ1) is 7.08. The maximum absolute atomic E-state index is 13.2. The Hall–Kier alpha value is -1.30. The van der Waals surface area contributed by atoms with Crippen LogP contribution in [0.2, 0.25) is 0 Å². The monoisotopic (exact) mass is 218 g/mol. The van der Waals surface area contributed by atoms with Crippen molar-refractivity contribution in [3.63, 3.8) is 0 Å². The minimum Gasteiger partial charge on any atom is -0.391 e. The van der Waals surface area contributed by atoms with E-state index in [1.807, 2.05) is 0 Å². The topological polar surface area (TPSA) is 36.4 Å². The normalized spacial score (nSPS) is 21.1. The number of aromatic nitrogens is 1. The van der Waals surface area contributed by atoms with Gasteiger partial charge >= 0.3 is 0 Å². The standard InChI is InChI=1S/C9H9F3N2O/c10-6-3-7(11)9(13-8(6)12)14-2-1-5(15)4-14/h3,5,15H,1-2,4H2.